The van der Waals surface area contributed by atoms with Crippen LogP contribution in [0.25, 0.3) is 22.9 Å². The summed E-state index contributed by atoms with van der Waals surface area (Å²) in [6.45, 7) is 3.94. The lowest BCUT2D eigenvalue weighted by molar-refractivity contribution is -0.148. The second-order valence-corrected chi connectivity index (χ2v) is 13.9. The number of esters is 2. The van der Waals surface area contributed by atoms with Crippen molar-refractivity contribution in [3.63, 3.8) is 0 Å². The predicted molar refractivity (Wildman–Crippen MR) is 168 cm³/mol. The van der Waals surface area contributed by atoms with Gasteiger partial charge in [-0.05, 0) is 74.9 Å². The molecule has 10 nitrogen and oxygen atoms in total. The molecule has 0 N–H and O–H groups in total. The van der Waals surface area contributed by atoms with E-state index in [9.17, 15) is 9.59 Å². The number of ether oxygens (including phenoxy) is 2. The zero-order valence-electron chi connectivity index (χ0n) is 24.4. The van der Waals surface area contributed by atoms with Crippen LogP contribution in [0.1, 0.15) is 36.8 Å². The second kappa shape index (κ2) is 14.4. The van der Waals surface area contributed by atoms with E-state index in [-0.39, 0.29) is 23.8 Å². The van der Waals surface area contributed by atoms with Crippen molar-refractivity contribution in [2.45, 2.75) is 60.5 Å². The van der Waals surface area contributed by atoms with Crippen LogP contribution in [0.2, 0.25) is 10.0 Å². The number of nitrogens with zero attached hydrogens (tertiary/aromatic N) is 4. The Hall–Kier alpha value is -3.06. The third kappa shape index (κ3) is 7.77. The summed E-state index contributed by atoms with van der Waals surface area (Å²) in [5.74, 6) is 0.532. The molecule has 2 fully saturated rings. The molecular formula is C30H30Cl2N4O6S2. The van der Waals surface area contributed by atoms with Gasteiger partial charge in [0.05, 0.1) is 47.2 Å². The smallest absolute Gasteiger partial charge is 0.308 e. The van der Waals surface area contributed by atoms with E-state index >= 15 is 0 Å². The molecule has 2 aromatic carbocycles. The van der Waals surface area contributed by atoms with Crippen molar-refractivity contribution in [3.05, 3.63) is 57.6 Å². The molecule has 2 aliphatic carbocycles. The molecule has 44 heavy (non-hydrogen) atoms. The molecule has 6 rings (SSSR count). The van der Waals surface area contributed by atoms with E-state index in [1.165, 1.54) is 37.7 Å². The second-order valence-electron chi connectivity index (χ2n) is 10.6. The molecule has 2 aromatic heterocycles. The van der Waals surface area contributed by atoms with Crippen LogP contribution in [0.15, 0.2) is 55.7 Å². The molecule has 0 radical (unpaired) electrons. The van der Waals surface area contributed by atoms with Gasteiger partial charge in [0.2, 0.25) is 11.8 Å². The lowest BCUT2D eigenvalue weighted by Gasteiger charge is -2.31. The van der Waals surface area contributed by atoms with E-state index in [4.69, 9.17) is 41.5 Å². The number of methoxy groups -OCH3 is 2. The van der Waals surface area contributed by atoms with Crippen molar-refractivity contribution in [1.82, 2.24) is 20.4 Å². The molecule has 0 amide bonds. The number of hydrogen-bond donors (Lipinski definition) is 0. The topological polar surface area (TPSA) is 130 Å². The van der Waals surface area contributed by atoms with Crippen LogP contribution in [-0.4, -0.2) is 57.1 Å². The lowest BCUT2D eigenvalue weighted by atomic mass is 9.85. The van der Waals surface area contributed by atoms with Crippen molar-refractivity contribution in [2.75, 3.05) is 14.2 Å². The van der Waals surface area contributed by atoms with Crippen molar-refractivity contribution >= 4 is 58.7 Å². The van der Waals surface area contributed by atoms with Gasteiger partial charge in [-0.25, -0.2) is 0 Å². The summed E-state index contributed by atoms with van der Waals surface area (Å²) in [5.41, 5.74) is 3.61. The molecule has 14 heteroatoms. The maximum atomic E-state index is 11.3. The third-order valence-corrected chi connectivity index (χ3v) is 10.1. The Morgan fingerprint density at radius 3 is 1.43 bits per heavy atom. The zero-order chi connectivity index (χ0) is 31.4. The van der Waals surface area contributed by atoms with Crippen molar-refractivity contribution in [1.29, 1.82) is 0 Å². The van der Waals surface area contributed by atoms with Gasteiger partial charge in [-0.1, -0.05) is 58.9 Å². The Morgan fingerprint density at radius 1 is 0.705 bits per heavy atom. The van der Waals surface area contributed by atoms with Crippen LogP contribution >= 0.6 is 46.7 Å². The largest absolute Gasteiger partial charge is 0.469 e. The molecule has 2 saturated carbocycles. The summed E-state index contributed by atoms with van der Waals surface area (Å²) in [6.07, 6.45) is 3.11. The molecule has 0 unspecified atom stereocenters. The number of hydrogen-bond acceptors (Lipinski definition) is 12. The van der Waals surface area contributed by atoms with Gasteiger partial charge in [-0.15, -0.1) is 20.4 Å². The van der Waals surface area contributed by atoms with E-state index in [2.05, 4.69) is 20.4 Å². The predicted octanol–water partition coefficient (Wildman–Crippen LogP) is 7.48. The van der Waals surface area contributed by atoms with Gasteiger partial charge in [0.1, 0.15) is 0 Å². The number of aryl methyl sites for hydroxylation is 2. The highest BCUT2D eigenvalue weighted by molar-refractivity contribution is 8.00. The van der Waals surface area contributed by atoms with Crippen LogP contribution in [-0.2, 0) is 19.1 Å². The minimum absolute atomic E-state index is 0.00330. The molecule has 2 aliphatic rings. The van der Waals surface area contributed by atoms with E-state index in [0.717, 1.165) is 47.9 Å². The summed E-state index contributed by atoms with van der Waals surface area (Å²) < 4.78 is 20.8. The van der Waals surface area contributed by atoms with E-state index in [1.807, 2.05) is 50.2 Å². The number of aromatic nitrogens is 4. The van der Waals surface area contributed by atoms with Crippen LogP contribution in [0.3, 0.4) is 0 Å². The monoisotopic (exact) mass is 676 g/mol. The first-order chi connectivity index (χ1) is 21.1. The van der Waals surface area contributed by atoms with Gasteiger partial charge < -0.3 is 18.3 Å². The SMILES string of the molecule is COC(=O)C1CC(Sc2nnc(-c3ccc(C)cc3Cl)o2)C1.COC(=O)C1CC(Sc2nnc(-c3ccc(C)cc3Cl)o2)C1. The average Bonchev–Trinajstić information content (AvgIpc) is 3.61. The Bertz CT molecular complexity index is 1520. The number of thioether (sulfide) groups is 2. The summed E-state index contributed by atoms with van der Waals surface area (Å²) in [5, 5.41) is 19.0. The summed E-state index contributed by atoms with van der Waals surface area (Å²) in [4.78, 5) is 22.7. The number of carbonyl (C=O) groups is 2. The lowest BCUT2D eigenvalue weighted by Crippen LogP contribution is -2.33. The first-order valence-corrected chi connectivity index (χ1v) is 16.3. The molecule has 0 bridgehead atoms. The Morgan fingerprint density at radius 2 is 1.09 bits per heavy atom. The number of benzene rings is 2. The number of rotatable bonds is 8. The Balaban J connectivity index is 0.000000175. The van der Waals surface area contributed by atoms with Crippen molar-refractivity contribution in [3.8, 4) is 22.9 Å². The van der Waals surface area contributed by atoms with E-state index < -0.39 is 0 Å². The minimum Gasteiger partial charge on any atom is -0.469 e. The standard InChI is InChI=1S/2C15H15ClN2O3S/c2*1-8-3-4-11(12(16)5-8)13-17-18-15(21-13)22-10-6-9(7-10)14(19)20-2/h2*3-5,9-10H,6-7H2,1-2H3. The molecule has 0 saturated heterocycles. The highest BCUT2D eigenvalue weighted by atomic mass is 35.5. The maximum absolute atomic E-state index is 11.3. The maximum Gasteiger partial charge on any atom is 0.308 e. The van der Waals surface area contributed by atoms with Gasteiger partial charge in [0, 0.05) is 10.5 Å². The molecule has 0 aliphatic heterocycles. The highest BCUT2D eigenvalue weighted by Gasteiger charge is 2.38. The fraction of sp³-hybridized carbons (Fsp3) is 0.400. The van der Waals surface area contributed by atoms with Gasteiger partial charge in [0.15, 0.2) is 0 Å². The fourth-order valence-corrected chi connectivity index (χ4v) is 7.59. The van der Waals surface area contributed by atoms with Crippen LogP contribution in [0, 0.1) is 25.7 Å². The molecule has 4 aromatic rings. The molecule has 2 heterocycles. The summed E-state index contributed by atoms with van der Waals surface area (Å²) in [6, 6.07) is 11.4. The van der Waals surface area contributed by atoms with Crippen molar-refractivity contribution < 1.29 is 27.9 Å². The number of carbonyl (C=O) groups excluding carboxylic acids is 2. The Labute approximate surface area is 273 Å². The van der Waals surface area contributed by atoms with Gasteiger partial charge in [-0.3, -0.25) is 9.59 Å². The normalized spacial score (nSPS) is 20.5. The van der Waals surface area contributed by atoms with Gasteiger partial charge >= 0.3 is 11.9 Å². The summed E-state index contributed by atoms with van der Waals surface area (Å²) in [7, 11) is 2.83. The Kier molecular flexibility index (Phi) is 10.6. The molecule has 0 spiro atoms. The average molecular weight is 678 g/mol. The quantitative estimate of drug-likeness (QED) is 0.171. The van der Waals surface area contributed by atoms with Gasteiger partial charge in [-0.2, -0.15) is 0 Å². The van der Waals surface area contributed by atoms with Crippen molar-refractivity contribution in [2.24, 2.45) is 11.8 Å². The molecular weight excluding hydrogens is 647 g/mol. The van der Waals surface area contributed by atoms with E-state index in [1.54, 1.807) is 0 Å². The first kappa shape index (κ1) is 32.3. The van der Waals surface area contributed by atoms with Crippen LogP contribution < -0.4 is 0 Å². The molecule has 232 valence electrons. The van der Waals surface area contributed by atoms with Crippen LogP contribution in [0.5, 0.6) is 0 Å². The first-order valence-electron chi connectivity index (χ1n) is 13.8. The molecule has 0 atom stereocenters. The summed E-state index contributed by atoms with van der Waals surface area (Å²) >= 11 is 15.4. The minimum atomic E-state index is -0.144. The van der Waals surface area contributed by atoms with E-state index in [0.29, 0.717) is 42.8 Å². The van der Waals surface area contributed by atoms with Crippen LogP contribution in [0.4, 0.5) is 0 Å². The van der Waals surface area contributed by atoms with Gasteiger partial charge in [0.25, 0.3) is 10.4 Å². The highest BCUT2D eigenvalue weighted by Crippen LogP contribution is 2.42. The number of halogens is 2. The third-order valence-electron chi connectivity index (χ3n) is 7.32. The fourth-order valence-electron chi connectivity index (χ4n) is 4.65. The zero-order valence-corrected chi connectivity index (χ0v) is 27.6.